The van der Waals surface area contributed by atoms with Crippen LogP contribution in [0.25, 0.3) is 11.6 Å². The predicted molar refractivity (Wildman–Crippen MR) is 115 cm³/mol. The van der Waals surface area contributed by atoms with E-state index in [1.165, 1.54) is 9.71 Å². The van der Waals surface area contributed by atoms with Gasteiger partial charge in [-0.1, -0.05) is 36.4 Å². The number of hydrogen-bond acceptors (Lipinski definition) is 5. The molecule has 0 radical (unpaired) electrons. The Bertz CT molecular complexity index is 988. The molecule has 1 aliphatic heterocycles. The molecule has 154 valence electrons. The van der Waals surface area contributed by atoms with Gasteiger partial charge in [-0.15, -0.1) is 0 Å². The number of hydrogen-bond donors (Lipinski definition) is 0. The van der Waals surface area contributed by atoms with Crippen molar-refractivity contribution < 1.29 is 22.6 Å². The molecule has 29 heavy (non-hydrogen) atoms. The Labute approximate surface area is 172 Å². The van der Waals surface area contributed by atoms with E-state index in [-0.39, 0.29) is 6.54 Å². The normalized spacial score (nSPS) is 15.2. The lowest BCUT2D eigenvalue weighted by atomic mass is 9.98. The topological polar surface area (TPSA) is 65.1 Å². The SMILES string of the molecule is COc1cc(OC)c(C2=CCN(S(=O)(=O)C=Cc3ccccc3)CC2)c(OC)c1. The Morgan fingerprint density at radius 3 is 2.14 bits per heavy atom. The quantitative estimate of drug-likeness (QED) is 0.688. The molecule has 0 saturated heterocycles. The van der Waals surface area contributed by atoms with Crippen molar-refractivity contribution in [2.24, 2.45) is 0 Å². The van der Waals surface area contributed by atoms with Gasteiger partial charge in [0.2, 0.25) is 10.0 Å². The molecule has 0 saturated carbocycles. The summed E-state index contributed by atoms with van der Waals surface area (Å²) in [5.74, 6) is 1.90. The highest BCUT2D eigenvalue weighted by atomic mass is 32.2. The van der Waals surface area contributed by atoms with Gasteiger partial charge < -0.3 is 14.2 Å². The molecule has 0 fully saturated rings. The fourth-order valence-corrected chi connectivity index (χ4v) is 4.37. The van der Waals surface area contributed by atoms with E-state index >= 15 is 0 Å². The van der Waals surface area contributed by atoms with Crippen LogP contribution in [0, 0.1) is 0 Å². The number of methoxy groups -OCH3 is 3. The van der Waals surface area contributed by atoms with E-state index in [0.29, 0.717) is 30.2 Å². The molecule has 0 aromatic heterocycles. The van der Waals surface area contributed by atoms with Crippen LogP contribution < -0.4 is 14.2 Å². The molecular weight excluding hydrogens is 390 g/mol. The Morgan fingerprint density at radius 1 is 0.966 bits per heavy atom. The number of sulfonamides is 1. The molecule has 0 amide bonds. The third kappa shape index (κ3) is 4.81. The van der Waals surface area contributed by atoms with Crippen LogP contribution >= 0.6 is 0 Å². The monoisotopic (exact) mass is 415 g/mol. The van der Waals surface area contributed by atoms with E-state index < -0.39 is 10.0 Å². The van der Waals surface area contributed by atoms with E-state index in [4.69, 9.17) is 14.2 Å². The first-order chi connectivity index (χ1) is 14.0. The van der Waals surface area contributed by atoms with Crippen LogP contribution in [-0.2, 0) is 10.0 Å². The summed E-state index contributed by atoms with van der Waals surface area (Å²) in [6.07, 6.45) is 4.08. The molecule has 0 bridgehead atoms. The zero-order valence-electron chi connectivity index (χ0n) is 16.8. The summed E-state index contributed by atoms with van der Waals surface area (Å²) in [6, 6.07) is 13.0. The van der Waals surface area contributed by atoms with Crippen molar-refractivity contribution in [1.82, 2.24) is 4.31 Å². The van der Waals surface area contributed by atoms with E-state index in [1.807, 2.05) is 36.4 Å². The largest absolute Gasteiger partial charge is 0.496 e. The lowest BCUT2D eigenvalue weighted by Gasteiger charge is -2.26. The van der Waals surface area contributed by atoms with Crippen molar-refractivity contribution in [3.05, 3.63) is 65.1 Å². The molecule has 3 rings (SSSR count). The first kappa shape index (κ1) is 21.0. The van der Waals surface area contributed by atoms with Crippen LogP contribution in [0.2, 0.25) is 0 Å². The van der Waals surface area contributed by atoms with Gasteiger partial charge in [-0.25, -0.2) is 8.42 Å². The molecule has 0 atom stereocenters. The average molecular weight is 416 g/mol. The molecule has 0 unspecified atom stereocenters. The number of rotatable bonds is 7. The Morgan fingerprint density at radius 2 is 1.62 bits per heavy atom. The van der Waals surface area contributed by atoms with Gasteiger partial charge in [-0.05, 0) is 23.6 Å². The van der Waals surface area contributed by atoms with Gasteiger partial charge in [0.1, 0.15) is 17.2 Å². The number of ether oxygens (including phenoxy) is 3. The number of benzene rings is 2. The molecule has 2 aromatic rings. The van der Waals surface area contributed by atoms with Crippen LogP contribution in [0.15, 0.2) is 53.9 Å². The standard InChI is InChI=1S/C22H25NO5S/c1-26-19-15-20(27-2)22(21(16-19)28-3)18-9-12-23(13-10-18)29(24,25)14-11-17-7-5-4-6-8-17/h4-9,11,14-16H,10,12-13H2,1-3H3. The zero-order chi connectivity index (χ0) is 20.9. The van der Waals surface area contributed by atoms with Gasteiger partial charge in [-0.3, -0.25) is 0 Å². The molecule has 7 heteroatoms. The summed E-state index contributed by atoms with van der Waals surface area (Å²) in [7, 11) is 1.26. The predicted octanol–water partition coefficient (Wildman–Crippen LogP) is 3.80. The van der Waals surface area contributed by atoms with Gasteiger partial charge in [0, 0.05) is 30.6 Å². The number of nitrogens with zero attached hydrogens (tertiary/aromatic N) is 1. The van der Waals surface area contributed by atoms with E-state index in [1.54, 1.807) is 39.5 Å². The zero-order valence-corrected chi connectivity index (χ0v) is 17.6. The first-order valence-corrected chi connectivity index (χ1v) is 10.7. The summed E-state index contributed by atoms with van der Waals surface area (Å²) < 4.78 is 43.1. The van der Waals surface area contributed by atoms with Crippen LogP contribution in [-0.4, -0.2) is 47.1 Å². The average Bonchev–Trinajstić information content (AvgIpc) is 2.77. The van der Waals surface area contributed by atoms with Crippen molar-refractivity contribution in [1.29, 1.82) is 0 Å². The van der Waals surface area contributed by atoms with Gasteiger partial charge in [-0.2, -0.15) is 4.31 Å². The fourth-order valence-electron chi connectivity index (χ4n) is 3.25. The second-order valence-electron chi connectivity index (χ2n) is 6.50. The molecule has 0 N–H and O–H groups in total. The Balaban J connectivity index is 1.83. The summed E-state index contributed by atoms with van der Waals surface area (Å²) in [5, 5.41) is 1.26. The summed E-state index contributed by atoms with van der Waals surface area (Å²) in [6.45, 7) is 0.667. The van der Waals surface area contributed by atoms with Crippen molar-refractivity contribution in [3.8, 4) is 17.2 Å². The third-order valence-corrected chi connectivity index (χ3v) is 6.33. The first-order valence-electron chi connectivity index (χ1n) is 9.21. The van der Waals surface area contributed by atoms with Crippen LogP contribution in [0.4, 0.5) is 0 Å². The van der Waals surface area contributed by atoms with Crippen molar-refractivity contribution >= 4 is 21.7 Å². The molecule has 6 nitrogen and oxygen atoms in total. The maximum atomic E-state index is 12.7. The van der Waals surface area contributed by atoms with E-state index in [9.17, 15) is 8.42 Å². The van der Waals surface area contributed by atoms with Crippen LogP contribution in [0.3, 0.4) is 0 Å². The molecule has 1 heterocycles. The van der Waals surface area contributed by atoms with Crippen molar-refractivity contribution in [3.63, 3.8) is 0 Å². The van der Waals surface area contributed by atoms with Crippen molar-refractivity contribution in [2.75, 3.05) is 34.4 Å². The Hall–Kier alpha value is -2.77. The van der Waals surface area contributed by atoms with Crippen molar-refractivity contribution in [2.45, 2.75) is 6.42 Å². The minimum Gasteiger partial charge on any atom is -0.496 e. The summed E-state index contributed by atoms with van der Waals surface area (Å²) >= 11 is 0. The third-order valence-electron chi connectivity index (χ3n) is 4.80. The molecule has 0 spiro atoms. The fraction of sp³-hybridized carbons (Fsp3) is 0.273. The summed E-state index contributed by atoms with van der Waals surface area (Å²) in [4.78, 5) is 0. The Kier molecular flexibility index (Phi) is 6.61. The van der Waals surface area contributed by atoms with E-state index in [2.05, 4.69) is 0 Å². The lowest BCUT2D eigenvalue weighted by Crippen LogP contribution is -2.33. The van der Waals surface area contributed by atoms with Crippen LogP contribution in [0.1, 0.15) is 17.5 Å². The molecular formula is C22H25NO5S. The van der Waals surface area contributed by atoms with Gasteiger partial charge in [0.05, 0.1) is 26.9 Å². The molecule has 1 aliphatic rings. The minimum atomic E-state index is -3.50. The van der Waals surface area contributed by atoms with Gasteiger partial charge in [0.25, 0.3) is 0 Å². The van der Waals surface area contributed by atoms with Gasteiger partial charge in [0.15, 0.2) is 0 Å². The summed E-state index contributed by atoms with van der Waals surface area (Å²) in [5.41, 5.74) is 2.66. The molecule has 0 aliphatic carbocycles. The highest BCUT2D eigenvalue weighted by molar-refractivity contribution is 7.92. The molecule has 2 aromatic carbocycles. The second-order valence-corrected chi connectivity index (χ2v) is 8.32. The minimum absolute atomic E-state index is 0.287. The maximum Gasteiger partial charge on any atom is 0.236 e. The van der Waals surface area contributed by atoms with E-state index in [0.717, 1.165) is 16.7 Å². The highest BCUT2D eigenvalue weighted by Crippen LogP contribution is 2.41. The lowest BCUT2D eigenvalue weighted by molar-refractivity contribution is 0.372. The smallest absolute Gasteiger partial charge is 0.236 e. The van der Waals surface area contributed by atoms with Gasteiger partial charge >= 0.3 is 0 Å². The highest BCUT2D eigenvalue weighted by Gasteiger charge is 2.25. The maximum absolute atomic E-state index is 12.7. The van der Waals surface area contributed by atoms with Crippen LogP contribution in [0.5, 0.6) is 17.2 Å². The second kappa shape index (κ2) is 9.15.